The average Bonchev–Trinajstić information content (AvgIpc) is 3.10. The molecule has 7 nitrogen and oxygen atoms in total. The molecule has 1 aromatic carbocycles. The van der Waals surface area contributed by atoms with Gasteiger partial charge in [-0.2, -0.15) is 0 Å². The van der Waals surface area contributed by atoms with Crippen molar-refractivity contribution in [3.8, 4) is 10.4 Å². The van der Waals surface area contributed by atoms with E-state index in [4.69, 9.17) is 4.74 Å². The van der Waals surface area contributed by atoms with E-state index in [1.165, 1.54) is 29.2 Å². The van der Waals surface area contributed by atoms with E-state index in [-0.39, 0.29) is 18.0 Å². The maximum atomic E-state index is 12.7. The van der Waals surface area contributed by atoms with Crippen LogP contribution in [0.1, 0.15) is 13.8 Å². The highest BCUT2D eigenvalue weighted by atomic mass is 32.1. The number of rotatable bonds is 6. The standard InChI is InChI=1S/C19H19N3O4S/c1-3-20-17(24)12(2)26-16(23)10-22-11-21-18-14(19(22)25)9-15(27-18)13-7-5-4-6-8-13/h4-9,11-12H,3,10H2,1-2H3,(H,20,24)/t12-/m1/s1. The van der Waals surface area contributed by atoms with Crippen LogP contribution in [0.3, 0.4) is 0 Å². The van der Waals surface area contributed by atoms with Gasteiger partial charge in [-0.25, -0.2) is 4.98 Å². The number of carbonyl (C=O) groups is 2. The summed E-state index contributed by atoms with van der Waals surface area (Å²) in [5, 5.41) is 3.02. The third kappa shape index (κ3) is 4.22. The van der Waals surface area contributed by atoms with Crippen LogP contribution in [0.2, 0.25) is 0 Å². The molecule has 0 aliphatic rings. The third-order valence-corrected chi connectivity index (χ3v) is 5.00. The second-order valence-corrected chi connectivity index (χ2v) is 6.93. The van der Waals surface area contributed by atoms with Gasteiger partial charge in [-0.1, -0.05) is 30.3 Å². The van der Waals surface area contributed by atoms with Gasteiger partial charge in [0, 0.05) is 11.4 Å². The van der Waals surface area contributed by atoms with Crippen LogP contribution < -0.4 is 10.9 Å². The minimum atomic E-state index is -0.921. The largest absolute Gasteiger partial charge is 0.451 e. The molecule has 27 heavy (non-hydrogen) atoms. The quantitative estimate of drug-likeness (QED) is 0.657. The molecule has 0 aliphatic heterocycles. The van der Waals surface area contributed by atoms with Gasteiger partial charge in [-0.15, -0.1) is 11.3 Å². The van der Waals surface area contributed by atoms with E-state index in [0.29, 0.717) is 16.8 Å². The topological polar surface area (TPSA) is 90.3 Å². The lowest BCUT2D eigenvalue weighted by atomic mass is 10.2. The molecule has 0 saturated carbocycles. The Kier molecular flexibility index (Phi) is 5.66. The fourth-order valence-electron chi connectivity index (χ4n) is 2.56. The Morgan fingerprint density at radius 3 is 2.74 bits per heavy atom. The lowest BCUT2D eigenvalue weighted by Gasteiger charge is -2.13. The van der Waals surface area contributed by atoms with Crippen molar-refractivity contribution in [1.29, 1.82) is 0 Å². The summed E-state index contributed by atoms with van der Waals surface area (Å²) in [6, 6.07) is 11.5. The zero-order valence-electron chi connectivity index (χ0n) is 15.0. The van der Waals surface area contributed by atoms with E-state index in [9.17, 15) is 14.4 Å². The highest BCUT2D eigenvalue weighted by Gasteiger charge is 2.18. The molecule has 2 heterocycles. The average molecular weight is 385 g/mol. The molecule has 8 heteroatoms. The van der Waals surface area contributed by atoms with E-state index in [0.717, 1.165) is 10.4 Å². The number of nitrogens with one attached hydrogen (secondary N) is 1. The van der Waals surface area contributed by atoms with Gasteiger partial charge in [0.25, 0.3) is 11.5 Å². The number of esters is 1. The predicted octanol–water partition coefficient (Wildman–Crippen LogP) is 2.19. The Balaban J connectivity index is 1.80. The number of fused-ring (bicyclic) bond motifs is 1. The summed E-state index contributed by atoms with van der Waals surface area (Å²) in [5.41, 5.74) is 0.683. The van der Waals surface area contributed by atoms with Crippen LogP contribution in [0.25, 0.3) is 20.7 Å². The highest BCUT2D eigenvalue weighted by Crippen LogP contribution is 2.30. The highest BCUT2D eigenvalue weighted by molar-refractivity contribution is 7.21. The second kappa shape index (κ2) is 8.13. The van der Waals surface area contributed by atoms with E-state index >= 15 is 0 Å². The van der Waals surface area contributed by atoms with Crippen molar-refractivity contribution in [2.24, 2.45) is 0 Å². The lowest BCUT2D eigenvalue weighted by molar-refractivity contribution is -0.155. The van der Waals surface area contributed by atoms with Gasteiger partial charge in [0.1, 0.15) is 11.4 Å². The van der Waals surface area contributed by atoms with Gasteiger partial charge < -0.3 is 10.1 Å². The zero-order chi connectivity index (χ0) is 19.4. The number of aromatic nitrogens is 2. The van der Waals surface area contributed by atoms with E-state index in [2.05, 4.69) is 10.3 Å². The Morgan fingerprint density at radius 1 is 1.30 bits per heavy atom. The maximum absolute atomic E-state index is 12.7. The minimum absolute atomic E-state index is 0.304. The smallest absolute Gasteiger partial charge is 0.326 e. The summed E-state index contributed by atoms with van der Waals surface area (Å²) in [6.45, 7) is 3.40. The molecule has 3 aromatic rings. The molecular formula is C19H19N3O4S. The molecule has 3 rings (SSSR count). The number of ether oxygens (including phenoxy) is 1. The van der Waals surface area contributed by atoms with Crippen LogP contribution in [-0.4, -0.2) is 34.1 Å². The van der Waals surface area contributed by atoms with Crippen LogP contribution in [0.15, 0.2) is 47.5 Å². The van der Waals surface area contributed by atoms with Crippen LogP contribution >= 0.6 is 11.3 Å². The first-order chi connectivity index (χ1) is 13.0. The molecule has 0 radical (unpaired) electrons. The molecule has 2 aromatic heterocycles. The van der Waals surface area contributed by atoms with Crippen molar-refractivity contribution in [2.75, 3.05) is 6.54 Å². The van der Waals surface area contributed by atoms with Crippen LogP contribution in [-0.2, 0) is 20.9 Å². The van der Waals surface area contributed by atoms with Crippen LogP contribution in [0, 0.1) is 0 Å². The fourth-order valence-corrected chi connectivity index (χ4v) is 3.56. The second-order valence-electron chi connectivity index (χ2n) is 5.90. The van der Waals surface area contributed by atoms with Crippen molar-refractivity contribution in [1.82, 2.24) is 14.9 Å². The first-order valence-corrected chi connectivity index (χ1v) is 9.33. The third-order valence-electron chi connectivity index (χ3n) is 3.90. The van der Waals surface area contributed by atoms with Crippen molar-refractivity contribution >= 4 is 33.4 Å². The summed E-state index contributed by atoms with van der Waals surface area (Å²) in [6.07, 6.45) is 0.407. The SMILES string of the molecule is CCNC(=O)[C@@H](C)OC(=O)Cn1cnc2sc(-c3ccccc3)cc2c1=O. The predicted molar refractivity (Wildman–Crippen MR) is 104 cm³/mol. The summed E-state index contributed by atoms with van der Waals surface area (Å²) in [7, 11) is 0. The maximum Gasteiger partial charge on any atom is 0.326 e. The van der Waals surface area contributed by atoms with Gasteiger partial charge in [-0.3, -0.25) is 19.0 Å². The first kappa shape index (κ1) is 18.8. The molecule has 0 bridgehead atoms. The number of thiophene rings is 1. The molecule has 1 amide bonds. The molecule has 0 unspecified atom stereocenters. The number of nitrogens with zero attached hydrogens (tertiary/aromatic N) is 2. The molecule has 1 N–H and O–H groups in total. The Labute approximate surface area is 159 Å². The summed E-state index contributed by atoms with van der Waals surface area (Å²) >= 11 is 1.42. The molecule has 0 saturated heterocycles. The van der Waals surface area contributed by atoms with E-state index in [1.807, 2.05) is 30.3 Å². The summed E-state index contributed by atoms with van der Waals surface area (Å²) in [4.78, 5) is 42.2. The number of carbonyl (C=O) groups excluding carboxylic acids is 2. The summed E-state index contributed by atoms with van der Waals surface area (Å²) < 4.78 is 6.27. The van der Waals surface area contributed by atoms with Gasteiger partial charge in [-0.05, 0) is 25.5 Å². The Morgan fingerprint density at radius 2 is 2.04 bits per heavy atom. The Hall–Kier alpha value is -3.00. The van der Waals surface area contributed by atoms with Crippen molar-refractivity contribution in [3.05, 3.63) is 53.1 Å². The van der Waals surface area contributed by atoms with E-state index < -0.39 is 12.1 Å². The molecule has 1 atom stereocenters. The van der Waals surface area contributed by atoms with Gasteiger partial charge in [0.15, 0.2) is 6.10 Å². The lowest BCUT2D eigenvalue weighted by Crippen LogP contribution is -2.37. The van der Waals surface area contributed by atoms with E-state index in [1.54, 1.807) is 13.0 Å². The normalized spacial score (nSPS) is 11.9. The van der Waals surface area contributed by atoms with Gasteiger partial charge in [0.2, 0.25) is 0 Å². The first-order valence-electron chi connectivity index (χ1n) is 8.51. The number of hydrogen-bond donors (Lipinski definition) is 1. The monoisotopic (exact) mass is 385 g/mol. The number of amides is 1. The molecular weight excluding hydrogens is 366 g/mol. The number of hydrogen-bond acceptors (Lipinski definition) is 6. The van der Waals surface area contributed by atoms with Crippen molar-refractivity contribution < 1.29 is 14.3 Å². The number of benzene rings is 1. The summed E-state index contributed by atoms with van der Waals surface area (Å²) in [5.74, 6) is -1.05. The fraction of sp³-hybridized carbons (Fsp3) is 0.263. The van der Waals surface area contributed by atoms with Gasteiger partial charge in [0.05, 0.1) is 11.7 Å². The molecule has 0 spiro atoms. The number of likely N-dealkylation sites (N-methyl/N-ethyl adjacent to an activating group) is 1. The minimum Gasteiger partial charge on any atom is -0.451 e. The molecule has 140 valence electrons. The zero-order valence-corrected chi connectivity index (χ0v) is 15.8. The van der Waals surface area contributed by atoms with Gasteiger partial charge >= 0.3 is 5.97 Å². The van der Waals surface area contributed by atoms with Crippen molar-refractivity contribution in [3.63, 3.8) is 0 Å². The van der Waals surface area contributed by atoms with Crippen LogP contribution in [0.4, 0.5) is 0 Å². The molecule has 0 fully saturated rings. The Bertz CT molecular complexity index is 1030. The van der Waals surface area contributed by atoms with Crippen LogP contribution in [0.5, 0.6) is 0 Å². The van der Waals surface area contributed by atoms with Crippen molar-refractivity contribution in [2.45, 2.75) is 26.5 Å². The molecule has 0 aliphatic carbocycles.